The average molecular weight is 533 g/mol. The van der Waals surface area contributed by atoms with Crippen molar-refractivity contribution >= 4 is 21.8 Å². The first-order valence-electron chi connectivity index (χ1n) is 12.3. The molecule has 2 aliphatic rings. The molecule has 0 unspecified atom stereocenters. The Morgan fingerprint density at radius 3 is 2.17 bits per heavy atom. The highest BCUT2D eigenvalue weighted by Gasteiger charge is 2.42. The Balaban J connectivity index is 1.51. The Morgan fingerprint density at radius 2 is 1.58 bits per heavy atom. The third-order valence-corrected chi connectivity index (χ3v) is 8.46. The zero-order chi connectivity index (χ0) is 26.7. The molecule has 2 aliphatic heterocycles. The van der Waals surface area contributed by atoms with Crippen LogP contribution in [0.15, 0.2) is 23.1 Å². The summed E-state index contributed by atoms with van der Waals surface area (Å²) in [6, 6.07) is 4.70. The number of carbonyl (C=O) groups excluding carboxylic acids is 2. The molecular weight excluding hydrogens is 497 g/mol. The van der Waals surface area contributed by atoms with Crippen molar-refractivity contribution in [3.8, 4) is 0 Å². The molecule has 0 atom stereocenters. The van der Waals surface area contributed by atoms with Crippen LogP contribution < -0.4 is 0 Å². The minimum Gasteiger partial charge on any atom is -0.444 e. The predicted molar refractivity (Wildman–Crippen MR) is 128 cm³/mol. The molecule has 1 aromatic carbocycles. The van der Waals surface area contributed by atoms with Crippen LogP contribution in [0.5, 0.6) is 0 Å². The van der Waals surface area contributed by atoms with Gasteiger partial charge in [0.2, 0.25) is 0 Å². The molecule has 7 nitrogen and oxygen atoms in total. The van der Waals surface area contributed by atoms with Crippen LogP contribution in [-0.2, 0) is 32.2 Å². The molecule has 0 spiro atoms. The average Bonchev–Trinajstić information content (AvgIpc) is 2.99. The highest BCUT2D eigenvalue weighted by Crippen LogP contribution is 2.27. The number of amides is 2. The highest BCUT2D eigenvalue weighted by atomic mass is 32.2. The number of alkyl halides is 3. The van der Waals surface area contributed by atoms with Gasteiger partial charge in [-0.3, -0.25) is 4.79 Å². The molecule has 2 amide bonds. The summed E-state index contributed by atoms with van der Waals surface area (Å²) in [5, 5.41) is 0. The Labute approximate surface area is 210 Å². The summed E-state index contributed by atoms with van der Waals surface area (Å²) in [6.45, 7) is 6.50. The van der Waals surface area contributed by atoms with Gasteiger partial charge in [-0.25, -0.2) is 13.2 Å². The van der Waals surface area contributed by atoms with Crippen molar-refractivity contribution in [3.05, 3.63) is 29.3 Å². The number of fused-ring (bicyclic) bond motifs is 1. The van der Waals surface area contributed by atoms with Gasteiger partial charge in [0, 0.05) is 26.2 Å². The number of hydrogen-bond acceptors (Lipinski definition) is 5. The molecule has 3 rings (SSSR count). The number of ether oxygens (including phenoxy) is 1. The third kappa shape index (κ3) is 7.60. The van der Waals surface area contributed by atoms with Crippen LogP contribution in [0, 0.1) is 5.92 Å². The first-order chi connectivity index (χ1) is 16.7. The van der Waals surface area contributed by atoms with Crippen LogP contribution in [-0.4, -0.2) is 73.9 Å². The first-order valence-corrected chi connectivity index (χ1v) is 14.0. The molecule has 1 aromatic rings. The Hall–Kier alpha value is -2.30. The molecule has 2 heterocycles. The van der Waals surface area contributed by atoms with E-state index >= 15 is 0 Å². The van der Waals surface area contributed by atoms with Gasteiger partial charge in [-0.15, -0.1) is 0 Å². The second kappa shape index (κ2) is 11.0. The van der Waals surface area contributed by atoms with E-state index in [4.69, 9.17) is 4.74 Å². The minimum atomic E-state index is -4.92. The normalized spacial score (nSPS) is 17.9. The van der Waals surface area contributed by atoms with Gasteiger partial charge in [-0.1, -0.05) is 6.07 Å². The zero-order valence-electron chi connectivity index (χ0n) is 21.1. The summed E-state index contributed by atoms with van der Waals surface area (Å²) in [4.78, 5) is 26.4. The minimum absolute atomic E-state index is 0.0171. The molecule has 1 saturated heterocycles. The van der Waals surface area contributed by atoms with Crippen molar-refractivity contribution in [1.82, 2.24) is 9.80 Å². The van der Waals surface area contributed by atoms with E-state index in [1.165, 1.54) is 6.07 Å². The van der Waals surface area contributed by atoms with E-state index in [1.54, 1.807) is 17.0 Å². The fourth-order valence-electron chi connectivity index (χ4n) is 4.69. The van der Waals surface area contributed by atoms with Gasteiger partial charge < -0.3 is 14.5 Å². The van der Waals surface area contributed by atoms with Crippen molar-refractivity contribution in [1.29, 1.82) is 0 Å². The molecule has 11 heteroatoms. The van der Waals surface area contributed by atoms with Gasteiger partial charge in [0.15, 0.2) is 9.84 Å². The van der Waals surface area contributed by atoms with Gasteiger partial charge in [0.05, 0.1) is 10.6 Å². The second-order valence-electron chi connectivity index (χ2n) is 10.6. The van der Waals surface area contributed by atoms with E-state index in [2.05, 4.69) is 0 Å². The van der Waals surface area contributed by atoms with E-state index in [1.807, 2.05) is 20.8 Å². The molecule has 1 fully saturated rings. The number of carbonyl (C=O) groups is 2. The number of benzene rings is 1. The summed E-state index contributed by atoms with van der Waals surface area (Å²) < 4.78 is 69.7. The van der Waals surface area contributed by atoms with Crippen molar-refractivity contribution in [2.24, 2.45) is 5.92 Å². The summed E-state index contributed by atoms with van der Waals surface area (Å²) >= 11 is 0. The second-order valence-corrected chi connectivity index (χ2v) is 12.7. The van der Waals surface area contributed by atoms with E-state index in [-0.39, 0.29) is 42.7 Å². The van der Waals surface area contributed by atoms with E-state index < -0.39 is 27.5 Å². The molecule has 0 bridgehead atoms. The predicted octanol–water partition coefficient (Wildman–Crippen LogP) is 4.38. The van der Waals surface area contributed by atoms with Crippen molar-refractivity contribution in [2.45, 2.75) is 76.0 Å². The lowest BCUT2D eigenvalue weighted by atomic mass is 9.93. The van der Waals surface area contributed by atoms with Crippen LogP contribution in [0.3, 0.4) is 0 Å². The van der Waals surface area contributed by atoms with Gasteiger partial charge in [0.25, 0.3) is 0 Å². The van der Waals surface area contributed by atoms with Crippen LogP contribution in [0.4, 0.5) is 18.0 Å². The third-order valence-electron chi connectivity index (χ3n) is 6.66. The molecule has 202 valence electrons. The van der Waals surface area contributed by atoms with Crippen LogP contribution >= 0.6 is 0 Å². The lowest BCUT2D eigenvalue weighted by Gasteiger charge is -2.33. The lowest BCUT2D eigenvalue weighted by Crippen LogP contribution is -2.42. The van der Waals surface area contributed by atoms with E-state index in [9.17, 15) is 31.2 Å². The Bertz CT molecular complexity index is 1060. The number of rotatable bonds is 5. The van der Waals surface area contributed by atoms with Crippen molar-refractivity contribution in [2.75, 3.05) is 31.9 Å². The molecule has 0 aliphatic carbocycles. The highest BCUT2D eigenvalue weighted by molar-refractivity contribution is 7.91. The maximum atomic E-state index is 12.9. The van der Waals surface area contributed by atoms with Crippen LogP contribution in [0.2, 0.25) is 0 Å². The number of likely N-dealkylation sites (tertiary alicyclic amines) is 1. The summed E-state index contributed by atoms with van der Waals surface area (Å²) in [5.41, 5.74) is 0.893. The monoisotopic (exact) mass is 532 g/mol. The standard InChI is InChI=1S/C25H35F3N2O5S/c1-24(2,3)35-23(32)30-12-8-18(9-13-30)5-4-16-36(33,34)21-7-6-19-10-14-29(15-11-20(19)17-21)22(31)25(26,27)28/h6-7,17-18H,4-5,8-16H2,1-3H3. The van der Waals surface area contributed by atoms with Gasteiger partial charge in [-0.05, 0) is 88.5 Å². The zero-order valence-corrected chi connectivity index (χ0v) is 21.9. The lowest BCUT2D eigenvalue weighted by molar-refractivity contribution is -0.185. The van der Waals surface area contributed by atoms with Crippen LogP contribution in [0.25, 0.3) is 0 Å². The molecule has 0 saturated carbocycles. The van der Waals surface area contributed by atoms with Gasteiger partial charge in [-0.2, -0.15) is 13.2 Å². The van der Waals surface area contributed by atoms with Gasteiger partial charge in [0.1, 0.15) is 5.60 Å². The largest absolute Gasteiger partial charge is 0.471 e. The number of sulfone groups is 1. The molecule has 36 heavy (non-hydrogen) atoms. The summed E-state index contributed by atoms with van der Waals surface area (Å²) in [6.07, 6.45) is -1.99. The number of hydrogen-bond donors (Lipinski definition) is 0. The number of halogens is 3. The summed E-state index contributed by atoms with van der Waals surface area (Å²) in [5.74, 6) is -1.54. The van der Waals surface area contributed by atoms with Crippen molar-refractivity contribution < 1.29 is 35.9 Å². The summed E-state index contributed by atoms with van der Waals surface area (Å²) in [7, 11) is -3.55. The van der Waals surface area contributed by atoms with Crippen LogP contribution in [0.1, 0.15) is 57.6 Å². The van der Waals surface area contributed by atoms with Gasteiger partial charge >= 0.3 is 18.2 Å². The molecular formula is C25H35F3N2O5S. The number of piperidine rings is 1. The van der Waals surface area contributed by atoms with Crippen molar-refractivity contribution in [3.63, 3.8) is 0 Å². The quantitative estimate of drug-likeness (QED) is 0.562. The Morgan fingerprint density at radius 1 is 0.972 bits per heavy atom. The SMILES string of the molecule is CC(C)(C)OC(=O)N1CCC(CCCS(=O)(=O)c2ccc3c(c2)CCN(C(=O)C(F)(F)F)CC3)CC1. The number of nitrogens with zero attached hydrogens (tertiary/aromatic N) is 2. The van der Waals surface area contributed by atoms with E-state index in [0.717, 1.165) is 29.7 Å². The molecule has 0 aromatic heterocycles. The fourth-order valence-corrected chi connectivity index (χ4v) is 6.07. The maximum Gasteiger partial charge on any atom is 0.471 e. The Kier molecular flexibility index (Phi) is 8.63. The molecule has 0 radical (unpaired) electrons. The van der Waals surface area contributed by atoms with E-state index in [0.29, 0.717) is 31.0 Å². The molecule has 0 N–H and O–H groups in total. The maximum absolute atomic E-state index is 12.9. The topological polar surface area (TPSA) is 84.0 Å². The first kappa shape index (κ1) is 28.3. The fraction of sp³-hybridized carbons (Fsp3) is 0.680. The smallest absolute Gasteiger partial charge is 0.444 e.